The van der Waals surface area contributed by atoms with Crippen molar-refractivity contribution in [2.24, 2.45) is 5.92 Å². The molecule has 25 heavy (non-hydrogen) atoms. The van der Waals surface area contributed by atoms with E-state index in [0.717, 1.165) is 6.42 Å². The number of rotatable bonds is 4. The highest BCUT2D eigenvalue weighted by Crippen LogP contribution is 2.54. The van der Waals surface area contributed by atoms with Crippen LogP contribution in [0, 0.1) is 5.92 Å². The van der Waals surface area contributed by atoms with Crippen molar-refractivity contribution in [1.82, 2.24) is 10.6 Å². The third-order valence-electron chi connectivity index (χ3n) is 5.48. The lowest BCUT2D eigenvalue weighted by atomic mass is 9.59. The standard InChI is InChI=1S/C21H22N2O2/c1-13(24)22-12-20(25)23-11-14-10-19-15-6-2-4-8-17(15)21(14)18-9-5-3-7-16(18)19/h2-9,14,19,21H,10-12H2,1H3,(H,22,24)(H,23,25)/t14-,19?,21?/m1/s1. The summed E-state index contributed by atoms with van der Waals surface area (Å²) >= 11 is 0. The summed E-state index contributed by atoms with van der Waals surface area (Å²) in [4.78, 5) is 22.9. The van der Waals surface area contributed by atoms with Gasteiger partial charge in [-0.25, -0.2) is 0 Å². The van der Waals surface area contributed by atoms with Gasteiger partial charge in [0.15, 0.2) is 0 Å². The second kappa shape index (κ2) is 6.36. The lowest BCUT2D eigenvalue weighted by molar-refractivity contribution is -0.125. The molecule has 2 amide bonds. The number of hydrogen-bond donors (Lipinski definition) is 2. The number of nitrogens with one attached hydrogen (secondary N) is 2. The van der Waals surface area contributed by atoms with Gasteiger partial charge in [0.05, 0.1) is 6.54 Å². The quantitative estimate of drug-likeness (QED) is 0.903. The molecule has 128 valence electrons. The third kappa shape index (κ3) is 2.82. The molecule has 2 bridgehead atoms. The van der Waals surface area contributed by atoms with Gasteiger partial charge in [0.2, 0.25) is 11.8 Å². The van der Waals surface area contributed by atoms with Crippen molar-refractivity contribution in [3.8, 4) is 0 Å². The number of carbonyl (C=O) groups is 2. The summed E-state index contributed by atoms with van der Waals surface area (Å²) in [5, 5.41) is 5.55. The molecule has 1 atom stereocenters. The van der Waals surface area contributed by atoms with Crippen molar-refractivity contribution in [1.29, 1.82) is 0 Å². The predicted octanol–water partition coefficient (Wildman–Crippen LogP) is 2.54. The Balaban J connectivity index is 1.56. The first-order valence-electron chi connectivity index (χ1n) is 8.84. The van der Waals surface area contributed by atoms with Crippen LogP contribution < -0.4 is 10.6 Å². The van der Waals surface area contributed by atoms with E-state index in [4.69, 9.17) is 0 Å². The minimum atomic E-state index is -0.185. The van der Waals surface area contributed by atoms with Crippen molar-refractivity contribution < 1.29 is 9.59 Å². The molecule has 0 saturated heterocycles. The molecule has 4 heteroatoms. The highest BCUT2D eigenvalue weighted by atomic mass is 16.2. The van der Waals surface area contributed by atoms with Crippen LogP contribution in [0.15, 0.2) is 48.5 Å². The van der Waals surface area contributed by atoms with Crippen LogP contribution in [-0.2, 0) is 9.59 Å². The van der Waals surface area contributed by atoms with Gasteiger partial charge in [-0.05, 0) is 34.6 Å². The Hall–Kier alpha value is -2.62. The van der Waals surface area contributed by atoms with Crippen LogP contribution in [0.25, 0.3) is 0 Å². The van der Waals surface area contributed by atoms with Gasteiger partial charge in [-0.15, -0.1) is 0 Å². The molecule has 2 N–H and O–H groups in total. The largest absolute Gasteiger partial charge is 0.354 e. The summed E-state index contributed by atoms with van der Waals surface area (Å²) < 4.78 is 0. The summed E-state index contributed by atoms with van der Waals surface area (Å²) in [6.45, 7) is 2.10. The van der Waals surface area contributed by atoms with Crippen molar-refractivity contribution in [3.63, 3.8) is 0 Å². The molecule has 5 rings (SSSR count). The monoisotopic (exact) mass is 334 g/mol. The van der Waals surface area contributed by atoms with E-state index in [1.54, 1.807) is 0 Å². The summed E-state index contributed by atoms with van der Waals surface area (Å²) in [7, 11) is 0. The molecule has 4 nitrogen and oxygen atoms in total. The van der Waals surface area contributed by atoms with Gasteiger partial charge in [-0.2, -0.15) is 0 Å². The second-order valence-corrected chi connectivity index (χ2v) is 7.00. The van der Waals surface area contributed by atoms with Crippen molar-refractivity contribution in [3.05, 3.63) is 70.8 Å². The fourth-order valence-corrected chi connectivity index (χ4v) is 4.47. The maximum absolute atomic E-state index is 12.0. The van der Waals surface area contributed by atoms with Gasteiger partial charge in [0.25, 0.3) is 0 Å². The van der Waals surface area contributed by atoms with Crippen LogP contribution in [0.5, 0.6) is 0 Å². The Morgan fingerprint density at radius 2 is 1.48 bits per heavy atom. The molecule has 0 aromatic heterocycles. The topological polar surface area (TPSA) is 58.2 Å². The van der Waals surface area contributed by atoms with E-state index < -0.39 is 0 Å². The van der Waals surface area contributed by atoms with Gasteiger partial charge >= 0.3 is 0 Å². The van der Waals surface area contributed by atoms with Crippen molar-refractivity contribution in [2.45, 2.75) is 25.2 Å². The van der Waals surface area contributed by atoms with Crippen LogP contribution in [0.3, 0.4) is 0 Å². The van der Waals surface area contributed by atoms with E-state index in [0.29, 0.717) is 24.3 Å². The van der Waals surface area contributed by atoms with E-state index >= 15 is 0 Å². The Morgan fingerprint density at radius 3 is 2.04 bits per heavy atom. The van der Waals surface area contributed by atoms with E-state index in [1.807, 2.05) is 0 Å². The number of amides is 2. The number of fused-ring (bicyclic) bond motifs is 1. The van der Waals surface area contributed by atoms with E-state index in [-0.39, 0.29) is 18.4 Å². The molecule has 3 aliphatic rings. The van der Waals surface area contributed by atoms with Crippen LogP contribution in [0.1, 0.15) is 47.4 Å². The van der Waals surface area contributed by atoms with Crippen LogP contribution in [0.4, 0.5) is 0 Å². The molecule has 0 spiro atoms. The molecule has 2 aromatic rings. The van der Waals surface area contributed by atoms with E-state index in [9.17, 15) is 9.59 Å². The van der Waals surface area contributed by atoms with Crippen LogP contribution in [0.2, 0.25) is 0 Å². The normalized spacial score (nSPS) is 22.7. The van der Waals surface area contributed by atoms with Gasteiger partial charge in [0, 0.05) is 25.3 Å². The predicted molar refractivity (Wildman–Crippen MR) is 96.4 cm³/mol. The Morgan fingerprint density at radius 1 is 0.920 bits per heavy atom. The highest BCUT2D eigenvalue weighted by molar-refractivity contribution is 5.83. The summed E-state index contributed by atoms with van der Waals surface area (Å²) in [6.07, 6.45) is 1.05. The fourth-order valence-electron chi connectivity index (χ4n) is 4.47. The molecular formula is C21H22N2O2. The summed E-state index contributed by atoms with van der Waals surface area (Å²) in [5.74, 6) is 0.817. The molecule has 0 aliphatic heterocycles. The van der Waals surface area contributed by atoms with Gasteiger partial charge < -0.3 is 10.6 Å². The zero-order valence-corrected chi connectivity index (χ0v) is 14.3. The Kier molecular flexibility index (Phi) is 4.04. The first kappa shape index (κ1) is 15.9. The SMILES string of the molecule is CC(=O)NCC(=O)NC[C@H]1CC2c3ccccc3C1c1ccccc12. The lowest BCUT2D eigenvalue weighted by Crippen LogP contribution is -2.42. The maximum Gasteiger partial charge on any atom is 0.239 e. The average Bonchev–Trinajstić information content (AvgIpc) is 2.65. The van der Waals surface area contributed by atoms with Crippen LogP contribution >= 0.6 is 0 Å². The maximum atomic E-state index is 12.0. The summed E-state index contributed by atoms with van der Waals surface area (Å²) in [5.41, 5.74) is 5.68. The number of carbonyl (C=O) groups excluding carboxylic acids is 2. The zero-order chi connectivity index (χ0) is 17.4. The minimum absolute atomic E-state index is 0.0450. The van der Waals surface area contributed by atoms with E-state index in [1.165, 1.54) is 29.2 Å². The van der Waals surface area contributed by atoms with Gasteiger partial charge in [0.1, 0.15) is 0 Å². The lowest BCUT2D eigenvalue weighted by Gasteiger charge is -2.45. The zero-order valence-electron chi connectivity index (χ0n) is 14.3. The Bertz CT molecular complexity index is 783. The van der Waals surface area contributed by atoms with Crippen molar-refractivity contribution in [2.75, 3.05) is 13.1 Å². The molecule has 0 fully saturated rings. The minimum Gasteiger partial charge on any atom is -0.354 e. The third-order valence-corrected chi connectivity index (χ3v) is 5.48. The van der Waals surface area contributed by atoms with Gasteiger partial charge in [-0.1, -0.05) is 48.5 Å². The summed E-state index contributed by atoms with van der Waals surface area (Å²) in [6, 6.07) is 17.4. The van der Waals surface area contributed by atoms with E-state index in [2.05, 4.69) is 59.2 Å². The molecule has 0 radical (unpaired) electrons. The smallest absolute Gasteiger partial charge is 0.239 e. The first-order valence-corrected chi connectivity index (χ1v) is 8.84. The van der Waals surface area contributed by atoms with Crippen LogP contribution in [-0.4, -0.2) is 24.9 Å². The Labute approximate surface area is 147 Å². The average molecular weight is 334 g/mol. The fraction of sp³-hybridized carbons (Fsp3) is 0.333. The number of hydrogen-bond acceptors (Lipinski definition) is 2. The van der Waals surface area contributed by atoms with Crippen molar-refractivity contribution >= 4 is 11.8 Å². The molecule has 0 saturated carbocycles. The molecule has 0 unspecified atom stereocenters. The second-order valence-electron chi connectivity index (χ2n) is 7.00. The molecule has 0 heterocycles. The molecule has 3 aliphatic carbocycles. The molecule has 2 aromatic carbocycles. The molecular weight excluding hydrogens is 312 g/mol. The van der Waals surface area contributed by atoms with Gasteiger partial charge in [-0.3, -0.25) is 9.59 Å². The number of benzene rings is 2. The highest BCUT2D eigenvalue weighted by Gasteiger charge is 2.42. The first-order chi connectivity index (χ1) is 12.1.